The zero-order chi connectivity index (χ0) is 11.6. The maximum Gasteiger partial charge on any atom is 0.223 e. The molecular weight excluding hydrogens is 200 g/mol. The Morgan fingerprint density at radius 3 is 2.62 bits per heavy atom. The average molecular weight is 224 g/mol. The number of hydrogen-bond acceptors (Lipinski definition) is 2. The molecule has 2 aliphatic carbocycles. The third-order valence-electron chi connectivity index (χ3n) is 4.65. The maximum absolute atomic E-state index is 11.9. The minimum absolute atomic E-state index is 0.184. The molecule has 16 heavy (non-hydrogen) atoms. The molecule has 2 unspecified atom stereocenters. The molecule has 2 saturated carbocycles. The Morgan fingerprint density at radius 2 is 2.19 bits per heavy atom. The highest BCUT2D eigenvalue weighted by Crippen LogP contribution is 2.43. The number of carbonyl (C=O) groups excluding carboxylic acids is 1. The maximum atomic E-state index is 11.9. The second kappa shape index (κ2) is 4.74. The van der Waals surface area contributed by atoms with Gasteiger partial charge in [-0.25, -0.2) is 0 Å². The molecule has 2 aliphatic rings. The molecule has 3 N–H and O–H groups in total. The van der Waals surface area contributed by atoms with Crippen LogP contribution in [0.1, 0.15) is 51.9 Å². The summed E-state index contributed by atoms with van der Waals surface area (Å²) in [5.74, 6) is 0.427. The largest absolute Gasteiger partial charge is 0.355 e. The zero-order valence-corrected chi connectivity index (χ0v) is 10.3. The predicted octanol–water partition coefficient (Wildman–Crippen LogP) is 1.81. The van der Waals surface area contributed by atoms with Gasteiger partial charge in [0.1, 0.15) is 0 Å². The molecule has 0 aromatic rings. The van der Waals surface area contributed by atoms with Gasteiger partial charge in [0.2, 0.25) is 5.91 Å². The number of rotatable bonds is 4. The van der Waals surface area contributed by atoms with Crippen LogP contribution in [0.2, 0.25) is 0 Å². The SMILES string of the molecule is CCC1(CNC(=O)C2CCC(N)C2)CCC1. The Kier molecular flexibility index (Phi) is 3.53. The van der Waals surface area contributed by atoms with E-state index in [9.17, 15) is 4.79 Å². The molecule has 3 heteroatoms. The summed E-state index contributed by atoms with van der Waals surface area (Å²) in [7, 11) is 0. The molecule has 3 nitrogen and oxygen atoms in total. The van der Waals surface area contributed by atoms with E-state index < -0.39 is 0 Å². The van der Waals surface area contributed by atoms with Crippen molar-refractivity contribution in [2.24, 2.45) is 17.1 Å². The topological polar surface area (TPSA) is 55.1 Å². The normalized spacial score (nSPS) is 32.1. The lowest BCUT2D eigenvalue weighted by Gasteiger charge is -2.41. The first-order valence-corrected chi connectivity index (χ1v) is 6.68. The van der Waals surface area contributed by atoms with Crippen LogP contribution in [0, 0.1) is 11.3 Å². The second-order valence-corrected chi connectivity index (χ2v) is 5.69. The summed E-state index contributed by atoms with van der Waals surface area (Å²) in [6.45, 7) is 3.12. The molecule has 0 aromatic heterocycles. The van der Waals surface area contributed by atoms with Crippen LogP contribution in [-0.4, -0.2) is 18.5 Å². The second-order valence-electron chi connectivity index (χ2n) is 5.69. The Bertz CT molecular complexity index is 255. The van der Waals surface area contributed by atoms with Gasteiger partial charge in [0.15, 0.2) is 0 Å². The molecule has 2 rings (SSSR count). The van der Waals surface area contributed by atoms with Crippen LogP contribution in [0.15, 0.2) is 0 Å². The van der Waals surface area contributed by atoms with Crippen molar-refractivity contribution in [1.29, 1.82) is 0 Å². The standard InChI is InChI=1S/C13H24N2O/c1-2-13(6-3-7-13)9-15-12(16)10-4-5-11(14)8-10/h10-11H,2-9,14H2,1H3,(H,15,16). The first-order valence-electron chi connectivity index (χ1n) is 6.68. The van der Waals surface area contributed by atoms with Gasteiger partial charge in [0.25, 0.3) is 0 Å². The summed E-state index contributed by atoms with van der Waals surface area (Å²) in [5, 5.41) is 3.14. The first-order chi connectivity index (χ1) is 7.65. The summed E-state index contributed by atoms with van der Waals surface area (Å²) in [6, 6.07) is 0.250. The van der Waals surface area contributed by atoms with Gasteiger partial charge < -0.3 is 11.1 Å². The lowest BCUT2D eigenvalue weighted by molar-refractivity contribution is -0.125. The van der Waals surface area contributed by atoms with E-state index in [1.807, 2.05) is 0 Å². The van der Waals surface area contributed by atoms with Crippen molar-refractivity contribution in [3.8, 4) is 0 Å². The number of hydrogen-bond donors (Lipinski definition) is 2. The van der Waals surface area contributed by atoms with Gasteiger partial charge in [-0.05, 0) is 43.9 Å². The van der Waals surface area contributed by atoms with E-state index >= 15 is 0 Å². The summed E-state index contributed by atoms with van der Waals surface area (Å²) < 4.78 is 0. The highest BCUT2D eigenvalue weighted by Gasteiger charge is 2.36. The molecule has 0 saturated heterocycles. The van der Waals surface area contributed by atoms with Gasteiger partial charge in [0, 0.05) is 18.5 Å². The van der Waals surface area contributed by atoms with E-state index in [0.29, 0.717) is 5.41 Å². The van der Waals surface area contributed by atoms with Crippen LogP contribution in [0.4, 0.5) is 0 Å². The Morgan fingerprint density at radius 1 is 1.44 bits per heavy atom. The highest BCUT2D eigenvalue weighted by molar-refractivity contribution is 5.79. The van der Waals surface area contributed by atoms with Gasteiger partial charge >= 0.3 is 0 Å². The molecule has 0 spiro atoms. The van der Waals surface area contributed by atoms with Crippen molar-refractivity contribution in [3.63, 3.8) is 0 Å². The predicted molar refractivity (Wildman–Crippen MR) is 64.9 cm³/mol. The number of amides is 1. The third kappa shape index (κ3) is 2.40. The minimum atomic E-state index is 0.184. The fraction of sp³-hybridized carbons (Fsp3) is 0.923. The van der Waals surface area contributed by atoms with E-state index in [1.165, 1.54) is 25.7 Å². The fourth-order valence-corrected chi connectivity index (χ4v) is 3.01. The van der Waals surface area contributed by atoms with E-state index in [0.717, 1.165) is 25.8 Å². The van der Waals surface area contributed by atoms with E-state index in [-0.39, 0.29) is 17.9 Å². The molecule has 2 atom stereocenters. The Balaban J connectivity index is 1.75. The van der Waals surface area contributed by atoms with Crippen LogP contribution >= 0.6 is 0 Å². The van der Waals surface area contributed by atoms with E-state index in [4.69, 9.17) is 5.73 Å². The highest BCUT2D eigenvalue weighted by atomic mass is 16.1. The Hall–Kier alpha value is -0.570. The molecular formula is C13H24N2O. The quantitative estimate of drug-likeness (QED) is 0.765. The number of carbonyl (C=O) groups is 1. The van der Waals surface area contributed by atoms with Crippen LogP contribution in [-0.2, 0) is 4.79 Å². The van der Waals surface area contributed by atoms with Crippen molar-refractivity contribution >= 4 is 5.91 Å². The van der Waals surface area contributed by atoms with Crippen LogP contribution in [0.5, 0.6) is 0 Å². The van der Waals surface area contributed by atoms with E-state index in [2.05, 4.69) is 12.2 Å². The fourth-order valence-electron chi connectivity index (χ4n) is 3.01. The van der Waals surface area contributed by atoms with Crippen LogP contribution in [0.3, 0.4) is 0 Å². The van der Waals surface area contributed by atoms with Gasteiger partial charge in [-0.1, -0.05) is 13.3 Å². The molecule has 0 heterocycles. The van der Waals surface area contributed by atoms with Crippen molar-refractivity contribution in [2.75, 3.05) is 6.54 Å². The molecule has 0 radical (unpaired) electrons. The van der Waals surface area contributed by atoms with Crippen molar-refractivity contribution in [2.45, 2.75) is 57.9 Å². The number of nitrogens with one attached hydrogen (secondary N) is 1. The lowest BCUT2D eigenvalue weighted by atomic mass is 9.67. The number of nitrogens with two attached hydrogens (primary N) is 1. The summed E-state index contributed by atoms with van der Waals surface area (Å²) >= 11 is 0. The molecule has 0 aromatic carbocycles. The van der Waals surface area contributed by atoms with Gasteiger partial charge in [-0.15, -0.1) is 0 Å². The molecule has 0 bridgehead atoms. The van der Waals surface area contributed by atoms with Gasteiger partial charge in [-0.3, -0.25) is 4.79 Å². The Labute approximate surface area is 98.2 Å². The van der Waals surface area contributed by atoms with Crippen molar-refractivity contribution in [3.05, 3.63) is 0 Å². The van der Waals surface area contributed by atoms with Gasteiger partial charge in [-0.2, -0.15) is 0 Å². The molecule has 2 fully saturated rings. The average Bonchev–Trinajstić information content (AvgIpc) is 2.64. The molecule has 0 aliphatic heterocycles. The smallest absolute Gasteiger partial charge is 0.223 e. The van der Waals surface area contributed by atoms with Crippen molar-refractivity contribution in [1.82, 2.24) is 5.32 Å². The minimum Gasteiger partial charge on any atom is -0.355 e. The van der Waals surface area contributed by atoms with Crippen LogP contribution in [0.25, 0.3) is 0 Å². The zero-order valence-electron chi connectivity index (χ0n) is 10.3. The van der Waals surface area contributed by atoms with Crippen LogP contribution < -0.4 is 11.1 Å². The van der Waals surface area contributed by atoms with E-state index in [1.54, 1.807) is 0 Å². The summed E-state index contributed by atoms with van der Waals surface area (Å²) in [6.07, 6.45) is 7.96. The third-order valence-corrected chi connectivity index (χ3v) is 4.65. The first kappa shape index (κ1) is 11.9. The summed E-state index contributed by atoms with van der Waals surface area (Å²) in [4.78, 5) is 11.9. The van der Waals surface area contributed by atoms with Gasteiger partial charge in [0.05, 0.1) is 0 Å². The lowest BCUT2D eigenvalue weighted by Crippen LogP contribution is -2.43. The monoisotopic (exact) mass is 224 g/mol. The molecule has 1 amide bonds. The van der Waals surface area contributed by atoms with Crippen molar-refractivity contribution < 1.29 is 4.79 Å². The molecule has 92 valence electrons. The summed E-state index contributed by atoms with van der Waals surface area (Å²) in [5.41, 5.74) is 6.26.